The molecule has 2 aliphatic rings. The lowest BCUT2D eigenvalue weighted by atomic mass is 10.2. The molecular formula is C11H21BrN2O. The van der Waals surface area contributed by atoms with Crippen LogP contribution in [0, 0.1) is 0 Å². The Hall–Kier alpha value is 0.360. The zero-order valence-corrected chi connectivity index (χ0v) is 10.9. The minimum Gasteiger partial charge on any atom is -0.379 e. The van der Waals surface area contributed by atoms with Crippen LogP contribution in [0.3, 0.4) is 0 Å². The molecule has 3 nitrogen and oxygen atoms in total. The van der Waals surface area contributed by atoms with Gasteiger partial charge in [0.2, 0.25) is 0 Å². The van der Waals surface area contributed by atoms with Crippen LogP contribution in [0.1, 0.15) is 12.8 Å². The standard InChI is InChI=1S/C11H21BrN2O/c12-10-11-2-1-3-14(11)5-4-13-6-8-15-9-7-13/h11H,1-10H2. The third-order valence-electron chi connectivity index (χ3n) is 3.48. The van der Waals surface area contributed by atoms with E-state index in [0.29, 0.717) is 0 Å². The average Bonchev–Trinajstić information content (AvgIpc) is 2.75. The minimum absolute atomic E-state index is 0.783. The predicted molar refractivity (Wildman–Crippen MR) is 65.6 cm³/mol. The fourth-order valence-electron chi connectivity index (χ4n) is 2.46. The van der Waals surface area contributed by atoms with Crippen LogP contribution in [0.4, 0.5) is 0 Å². The minimum atomic E-state index is 0.783. The van der Waals surface area contributed by atoms with Gasteiger partial charge in [-0.1, -0.05) is 15.9 Å². The van der Waals surface area contributed by atoms with Gasteiger partial charge in [0.15, 0.2) is 0 Å². The van der Waals surface area contributed by atoms with Crippen LogP contribution in [-0.2, 0) is 4.74 Å². The van der Waals surface area contributed by atoms with E-state index in [2.05, 4.69) is 25.7 Å². The summed E-state index contributed by atoms with van der Waals surface area (Å²) in [5, 5.41) is 1.14. The zero-order chi connectivity index (χ0) is 10.5. The second-order valence-corrected chi connectivity index (χ2v) is 5.09. The van der Waals surface area contributed by atoms with E-state index in [-0.39, 0.29) is 0 Å². The van der Waals surface area contributed by atoms with Gasteiger partial charge in [0.25, 0.3) is 0 Å². The van der Waals surface area contributed by atoms with E-state index in [4.69, 9.17) is 4.74 Å². The summed E-state index contributed by atoms with van der Waals surface area (Å²) in [4.78, 5) is 5.15. The number of halogens is 1. The molecule has 1 atom stereocenters. The van der Waals surface area contributed by atoms with E-state index >= 15 is 0 Å². The molecule has 88 valence electrons. The Morgan fingerprint density at radius 3 is 2.67 bits per heavy atom. The third kappa shape index (κ3) is 3.41. The van der Waals surface area contributed by atoms with Gasteiger partial charge in [0, 0.05) is 37.6 Å². The van der Waals surface area contributed by atoms with E-state index < -0.39 is 0 Å². The quantitative estimate of drug-likeness (QED) is 0.718. The smallest absolute Gasteiger partial charge is 0.0594 e. The molecule has 2 saturated heterocycles. The predicted octanol–water partition coefficient (Wildman–Crippen LogP) is 1.18. The number of hydrogen-bond acceptors (Lipinski definition) is 3. The Bertz CT molecular complexity index is 185. The third-order valence-corrected chi connectivity index (χ3v) is 4.23. The maximum absolute atomic E-state index is 5.35. The van der Waals surface area contributed by atoms with E-state index in [1.54, 1.807) is 0 Å². The van der Waals surface area contributed by atoms with Crippen LogP contribution in [0.15, 0.2) is 0 Å². The van der Waals surface area contributed by atoms with Crippen LogP contribution in [0.25, 0.3) is 0 Å². The van der Waals surface area contributed by atoms with Gasteiger partial charge >= 0.3 is 0 Å². The molecule has 0 aromatic carbocycles. The van der Waals surface area contributed by atoms with Gasteiger partial charge in [-0.05, 0) is 19.4 Å². The molecule has 0 amide bonds. The van der Waals surface area contributed by atoms with Gasteiger partial charge in [0.05, 0.1) is 13.2 Å². The van der Waals surface area contributed by atoms with Gasteiger partial charge in [-0.2, -0.15) is 0 Å². The van der Waals surface area contributed by atoms with Gasteiger partial charge in [-0.25, -0.2) is 0 Å². The second-order valence-electron chi connectivity index (χ2n) is 4.44. The van der Waals surface area contributed by atoms with Crippen molar-refractivity contribution in [3.8, 4) is 0 Å². The summed E-state index contributed by atoms with van der Waals surface area (Å²) in [6, 6.07) is 0.783. The first-order valence-electron chi connectivity index (χ1n) is 6.00. The summed E-state index contributed by atoms with van der Waals surface area (Å²) in [6.07, 6.45) is 2.74. The Morgan fingerprint density at radius 2 is 1.93 bits per heavy atom. The van der Waals surface area contributed by atoms with Crippen molar-refractivity contribution in [2.45, 2.75) is 18.9 Å². The van der Waals surface area contributed by atoms with Crippen LogP contribution in [0.5, 0.6) is 0 Å². The van der Waals surface area contributed by atoms with Crippen molar-refractivity contribution in [3.63, 3.8) is 0 Å². The number of morpholine rings is 1. The molecule has 15 heavy (non-hydrogen) atoms. The molecule has 0 aliphatic carbocycles. The normalized spacial score (nSPS) is 29.8. The largest absolute Gasteiger partial charge is 0.379 e. The van der Waals surface area contributed by atoms with Crippen molar-refractivity contribution in [1.82, 2.24) is 9.80 Å². The molecule has 2 heterocycles. The summed E-state index contributed by atoms with van der Waals surface area (Å²) in [5.74, 6) is 0. The van der Waals surface area contributed by atoms with Gasteiger partial charge < -0.3 is 4.74 Å². The first kappa shape index (κ1) is 11.8. The Kier molecular flexibility index (Phi) is 4.88. The van der Waals surface area contributed by atoms with Crippen LogP contribution < -0.4 is 0 Å². The Balaban J connectivity index is 1.67. The Labute approximate surface area is 101 Å². The zero-order valence-electron chi connectivity index (χ0n) is 9.33. The lowest BCUT2D eigenvalue weighted by Crippen LogP contribution is -2.42. The number of likely N-dealkylation sites (tertiary alicyclic amines) is 1. The SMILES string of the molecule is BrCC1CCCN1CCN1CCOCC1. The molecule has 2 rings (SSSR count). The summed E-state index contributed by atoms with van der Waals surface area (Å²) >= 11 is 3.61. The highest BCUT2D eigenvalue weighted by Crippen LogP contribution is 2.18. The molecule has 4 heteroatoms. The highest BCUT2D eigenvalue weighted by molar-refractivity contribution is 9.09. The fraction of sp³-hybridized carbons (Fsp3) is 1.00. The van der Waals surface area contributed by atoms with Gasteiger partial charge in [-0.3, -0.25) is 9.80 Å². The Morgan fingerprint density at radius 1 is 1.13 bits per heavy atom. The first-order chi connectivity index (χ1) is 7.40. The molecule has 2 aliphatic heterocycles. The first-order valence-corrected chi connectivity index (χ1v) is 7.12. The molecule has 0 bridgehead atoms. The van der Waals surface area contributed by atoms with Crippen LogP contribution in [-0.4, -0.2) is 67.1 Å². The van der Waals surface area contributed by atoms with Crippen LogP contribution >= 0.6 is 15.9 Å². The molecule has 0 saturated carbocycles. The van der Waals surface area contributed by atoms with Crippen molar-refractivity contribution in [3.05, 3.63) is 0 Å². The molecule has 1 unspecified atom stereocenters. The number of hydrogen-bond donors (Lipinski definition) is 0. The van der Waals surface area contributed by atoms with Crippen molar-refractivity contribution >= 4 is 15.9 Å². The van der Waals surface area contributed by atoms with Crippen molar-refractivity contribution < 1.29 is 4.74 Å². The van der Waals surface area contributed by atoms with Gasteiger partial charge in [0.1, 0.15) is 0 Å². The summed E-state index contributed by atoms with van der Waals surface area (Å²) in [5.41, 5.74) is 0. The van der Waals surface area contributed by atoms with Gasteiger partial charge in [-0.15, -0.1) is 0 Å². The monoisotopic (exact) mass is 276 g/mol. The molecule has 0 radical (unpaired) electrons. The van der Waals surface area contributed by atoms with E-state index in [1.807, 2.05) is 0 Å². The van der Waals surface area contributed by atoms with Crippen molar-refractivity contribution in [2.75, 3.05) is 51.3 Å². The number of ether oxygens (including phenoxy) is 1. The summed E-state index contributed by atoms with van der Waals surface area (Å²) in [7, 11) is 0. The second kappa shape index (κ2) is 6.18. The summed E-state index contributed by atoms with van der Waals surface area (Å²) in [6.45, 7) is 7.81. The van der Waals surface area contributed by atoms with E-state index in [1.165, 1.54) is 32.5 Å². The highest BCUT2D eigenvalue weighted by Gasteiger charge is 2.23. The molecule has 0 N–H and O–H groups in total. The number of alkyl halides is 1. The average molecular weight is 277 g/mol. The summed E-state index contributed by atoms with van der Waals surface area (Å²) < 4.78 is 5.35. The fourth-order valence-corrected chi connectivity index (χ4v) is 3.19. The number of rotatable bonds is 4. The van der Waals surface area contributed by atoms with Crippen molar-refractivity contribution in [1.29, 1.82) is 0 Å². The molecule has 0 spiro atoms. The lowest BCUT2D eigenvalue weighted by molar-refractivity contribution is 0.0331. The number of nitrogens with zero attached hydrogens (tertiary/aromatic N) is 2. The molecular weight excluding hydrogens is 256 g/mol. The molecule has 0 aromatic rings. The maximum atomic E-state index is 5.35. The molecule has 0 aromatic heterocycles. The van der Waals surface area contributed by atoms with E-state index in [9.17, 15) is 0 Å². The van der Waals surface area contributed by atoms with Crippen molar-refractivity contribution in [2.24, 2.45) is 0 Å². The van der Waals surface area contributed by atoms with Crippen LogP contribution in [0.2, 0.25) is 0 Å². The maximum Gasteiger partial charge on any atom is 0.0594 e. The molecule has 2 fully saturated rings. The lowest BCUT2D eigenvalue weighted by Gasteiger charge is -2.30. The topological polar surface area (TPSA) is 15.7 Å². The van der Waals surface area contributed by atoms with E-state index in [0.717, 1.165) is 37.7 Å². The highest BCUT2D eigenvalue weighted by atomic mass is 79.9.